The van der Waals surface area contributed by atoms with Gasteiger partial charge in [0, 0.05) is 29.1 Å². The van der Waals surface area contributed by atoms with Crippen LogP contribution in [0.3, 0.4) is 0 Å². The molecule has 0 heterocycles. The maximum atomic E-state index is 13.8. The van der Waals surface area contributed by atoms with E-state index in [1.807, 2.05) is 0 Å². The summed E-state index contributed by atoms with van der Waals surface area (Å²) in [5.74, 6) is 0.437. The molecule has 1 aliphatic carbocycles. The Kier molecular flexibility index (Phi) is 5.28. The molecule has 0 bridgehead atoms. The fourth-order valence-electron chi connectivity index (χ4n) is 2.29. The second kappa shape index (κ2) is 6.74. The molecule has 0 amide bonds. The highest BCUT2D eigenvalue weighted by Crippen LogP contribution is 2.29. The number of benzene rings is 1. The molecule has 0 N–H and O–H groups in total. The van der Waals surface area contributed by atoms with E-state index in [4.69, 9.17) is 23.2 Å². The molecule has 1 aromatic rings. The van der Waals surface area contributed by atoms with E-state index in [0.29, 0.717) is 29.1 Å². The minimum Gasteiger partial charge on any atom is -0.296 e. The predicted molar refractivity (Wildman–Crippen MR) is 74.8 cm³/mol. The van der Waals surface area contributed by atoms with E-state index in [-0.39, 0.29) is 5.82 Å². The average molecular weight is 290 g/mol. The molecule has 100 valence electrons. The van der Waals surface area contributed by atoms with Crippen molar-refractivity contribution in [1.29, 1.82) is 0 Å². The zero-order valence-electron chi connectivity index (χ0n) is 10.3. The lowest BCUT2D eigenvalue weighted by molar-refractivity contribution is 0.118. The summed E-state index contributed by atoms with van der Waals surface area (Å²) in [7, 11) is 0. The fraction of sp³-hybridized carbons (Fsp3) is 0.571. The van der Waals surface area contributed by atoms with Crippen LogP contribution in [0.15, 0.2) is 18.2 Å². The largest absolute Gasteiger partial charge is 0.296 e. The molecule has 0 atom stereocenters. The van der Waals surface area contributed by atoms with Crippen molar-refractivity contribution in [3.05, 3.63) is 34.6 Å². The second-order valence-corrected chi connectivity index (χ2v) is 5.58. The van der Waals surface area contributed by atoms with Crippen LogP contribution >= 0.6 is 23.2 Å². The molecular weight excluding hydrogens is 272 g/mol. The summed E-state index contributed by atoms with van der Waals surface area (Å²) in [6.07, 6.45) is 4.61. The SMILES string of the molecule is Fc1cccc(Cl)c1CN(CCCCl)C1CCC1. The van der Waals surface area contributed by atoms with E-state index in [9.17, 15) is 4.39 Å². The standard InChI is InChI=1S/C14H18Cl2FN/c15-8-3-9-18(11-4-1-5-11)10-12-13(16)6-2-7-14(12)17/h2,6-7,11H,1,3-5,8-10H2. The molecule has 1 saturated carbocycles. The van der Waals surface area contributed by atoms with Gasteiger partial charge in [-0.3, -0.25) is 4.90 Å². The maximum absolute atomic E-state index is 13.8. The van der Waals surface area contributed by atoms with Crippen LogP contribution in [-0.4, -0.2) is 23.4 Å². The third-order valence-electron chi connectivity index (χ3n) is 3.59. The van der Waals surface area contributed by atoms with Gasteiger partial charge in [0.05, 0.1) is 0 Å². The first-order valence-electron chi connectivity index (χ1n) is 6.45. The molecule has 18 heavy (non-hydrogen) atoms. The number of hydrogen-bond donors (Lipinski definition) is 0. The molecule has 0 aliphatic heterocycles. The highest BCUT2D eigenvalue weighted by atomic mass is 35.5. The number of rotatable bonds is 6. The Morgan fingerprint density at radius 1 is 1.33 bits per heavy atom. The highest BCUT2D eigenvalue weighted by molar-refractivity contribution is 6.31. The van der Waals surface area contributed by atoms with Gasteiger partial charge < -0.3 is 0 Å². The maximum Gasteiger partial charge on any atom is 0.129 e. The monoisotopic (exact) mass is 289 g/mol. The molecule has 0 aromatic heterocycles. The molecular formula is C14H18Cl2FN. The number of halogens is 3. The van der Waals surface area contributed by atoms with Crippen LogP contribution in [0.1, 0.15) is 31.2 Å². The molecule has 0 saturated heterocycles. The van der Waals surface area contributed by atoms with Crippen molar-refractivity contribution in [1.82, 2.24) is 4.90 Å². The smallest absolute Gasteiger partial charge is 0.129 e. The average Bonchev–Trinajstić information content (AvgIpc) is 2.28. The van der Waals surface area contributed by atoms with Gasteiger partial charge in [-0.15, -0.1) is 11.6 Å². The number of nitrogens with zero attached hydrogens (tertiary/aromatic N) is 1. The van der Waals surface area contributed by atoms with Crippen molar-refractivity contribution in [3.63, 3.8) is 0 Å². The van der Waals surface area contributed by atoms with Crippen LogP contribution in [0.4, 0.5) is 4.39 Å². The topological polar surface area (TPSA) is 3.24 Å². The van der Waals surface area contributed by atoms with Crippen molar-refractivity contribution < 1.29 is 4.39 Å². The van der Waals surface area contributed by atoms with Crippen molar-refractivity contribution in [2.24, 2.45) is 0 Å². The lowest BCUT2D eigenvalue weighted by atomic mass is 9.91. The van der Waals surface area contributed by atoms with Crippen molar-refractivity contribution in [2.75, 3.05) is 12.4 Å². The molecule has 1 aliphatic rings. The Hall–Kier alpha value is -0.310. The second-order valence-electron chi connectivity index (χ2n) is 4.80. The zero-order valence-corrected chi connectivity index (χ0v) is 11.9. The van der Waals surface area contributed by atoms with Gasteiger partial charge in [0.25, 0.3) is 0 Å². The van der Waals surface area contributed by atoms with Crippen LogP contribution in [0.25, 0.3) is 0 Å². The van der Waals surface area contributed by atoms with Crippen LogP contribution < -0.4 is 0 Å². The Balaban J connectivity index is 2.07. The molecule has 0 spiro atoms. The highest BCUT2D eigenvalue weighted by Gasteiger charge is 2.25. The first-order valence-corrected chi connectivity index (χ1v) is 7.36. The summed E-state index contributed by atoms with van der Waals surface area (Å²) in [5.41, 5.74) is 0.612. The summed E-state index contributed by atoms with van der Waals surface area (Å²) < 4.78 is 13.8. The summed E-state index contributed by atoms with van der Waals surface area (Å²) in [4.78, 5) is 2.32. The molecule has 4 heteroatoms. The van der Waals surface area contributed by atoms with Gasteiger partial charge in [-0.1, -0.05) is 24.1 Å². The minimum absolute atomic E-state index is 0.210. The number of alkyl halides is 1. The van der Waals surface area contributed by atoms with Gasteiger partial charge in [0.1, 0.15) is 5.82 Å². The molecule has 0 radical (unpaired) electrons. The van der Waals surface area contributed by atoms with Crippen LogP contribution in [0.2, 0.25) is 5.02 Å². The first kappa shape index (κ1) is 14.1. The normalized spacial score (nSPS) is 16.0. The zero-order chi connectivity index (χ0) is 13.0. The van der Waals surface area contributed by atoms with Crippen LogP contribution in [-0.2, 0) is 6.54 Å². The van der Waals surface area contributed by atoms with Gasteiger partial charge >= 0.3 is 0 Å². The Morgan fingerprint density at radius 3 is 2.67 bits per heavy atom. The Bertz CT molecular complexity index is 373. The lowest BCUT2D eigenvalue weighted by Crippen LogP contribution is -2.40. The minimum atomic E-state index is -0.210. The summed E-state index contributed by atoms with van der Waals surface area (Å²) in [5, 5.41) is 0.519. The van der Waals surface area contributed by atoms with Gasteiger partial charge in [-0.25, -0.2) is 4.39 Å². The van der Waals surface area contributed by atoms with Crippen LogP contribution in [0, 0.1) is 5.82 Å². The van der Waals surface area contributed by atoms with Crippen LogP contribution in [0.5, 0.6) is 0 Å². The van der Waals surface area contributed by atoms with E-state index in [2.05, 4.69) is 4.90 Å². The fourth-order valence-corrected chi connectivity index (χ4v) is 2.63. The van der Waals surface area contributed by atoms with Gasteiger partial charge in [0.2, 0.25) is 0 Å². The van der Waals surface area contributed by atoms with Crippen molar-refractivity contribution in [3.8, 4) is 0 Å². The van der Waals surface area contributed by atoms with E-state index < -0.39 is 0 Å². The first-order chi connectivity index (χ1) is 8.72. The summed E-state index contributed by atoms with van der Waals surface area (Å²) in [6.45, 7) is 1.51. The Labute approximate surface area is 118 Å². The van der Waals surface area contributed by atoms with Crippen molar-refractivity contribution >= 4 is 23.2 Å². The van der Waals surface area contributed by atoms with Gasteiger partial charge in [-0.05, 0) is 37.9 Å². The summed E-state index contributed by atoms with van der Waals surface area (Å²) in [6, 6.07) is 5.44. The van der Waals surface area contributed by atoms with Gasteiger partial charge in [-0.2, -0.15) is 0 Å². The lowest BCUT2D eigenvalue weighted by Gasteiger charge is -2.37. The third kappa shape index (κ3) is 3.37. The molecule has 1 nitrogen and oxygen atoms in total. The molecule has 0 unspecified atom stereocenters. The predicted octanol–water partition coefficient (Wildman–Crippen LogP) is 4.46. The molecule has 1 aromatic carbocycles. The Morgan fingerprint density at radius 2 is 2.11 bits per heavy atom. The van der Waals surface area contributed by atoms with Gasteiger partial charge in [0.15, 0.2) is 0 Å². The third-order valence-corrected chi connectivity index (χ3v) is 4.21. The van der Waals surface area contributed by atoms with E-state index in [0.717, 1.165) is 13.0 Å². The van der Waals surface area contributed by atoms with E-state index in [1.165, 1.54) is 25.3 Å². The van der Waals surface area contributed by atoms with E-state index in [1.54, 1.807) is 12.1 Å². The van der Waals surface area contributed by atoms with Crippen molar-refractivity contribution in [2.45, 2.75) is 38.3 Å². The van der Waals surface area contributed by atoms with E-state index >= 15 is 0 Å². The quantitative estimate of drug-likeness (QED) is 0.699. The number of hydrogen-bond acceptors (Lipinski definition) is 1. The molecule has 2 rings (SSSR count). The summed E-state index contributed by atoms with van der Waals surface area (Å²) >= 11 is 11.8. The molecule has 1 fully saturated rings.